The molecule has 28 heavy (non-hydrogen) atoms. The standard InChI is InChI=1S/C23H28N2O3/c1-15-10-19-11-18(8-9-20(19)27-15)17-6-4-16(5-7-17)12-25-22(26)21-13-24-14-23(2,3)28-21/h4-9,11,15,21,24H,10,12-14H2,1-3H3,(H,25,26). The van der Waals surface area contributed by atoms with E-state index in [1.807, 2.05) is 13.8 Å². The molecule has 2 heterocycles. The highest BCUT2D eigenvalue weighted by Crippen LogP contribution is 2.32. The smallest absolute Gasteiger partial charge is 0.250 e. The van der Waals surface area contributed by atoms with E-state index in [9.17, 15) is 4.79 Å². The fourth-order valence-corrected chi connectivity index (χ4v) is 3.84. The lowest BCUT2D eigenvalue weighted by molar-refractivity contribution is -0.149. The number of morpholine rings is 1. The predicted octanol–water partition coefficient (Wildman–Crippen LogP) is 3.06. The van der Waals surface area contributed by atoms with Crippen LogP contribution in [0, 0.1) is 0 Å². The molecule has 2 atom stereocenters. The lowest BCUT2D eigenvalue weighted by Gasteiger charge is -2.35. The van der Waals surface area contributed by atoms with Crippen LogP contribution in [-0.2, 0) is 22.5 Å². The molecular formula is C23H28N2O3. The Kier molecular flexibility index (Phi) is 5.13. The summed E-state index contributed by atoms with van der Waals surface area (Å²) in [4.78, 5) is 12.4. The van der Waals surface area contributed by atoms with E-state index in [0.29, 0.717) is 13.1 Å². The quantitative estimate of drug-likeness (QED) is 0.856. The van der Waals surface area contributed by atoms with Crippen molar-refractivity contribution in [2.45, 2.75) is 51.5 Å². The number of amides is 1. The second-order valence-corrected chi connectivity index (χ2v) is 8.37. The third kappa shape index (κ3) is 4.21. The molecule has 148 valence electrons. The number of carbonyl (C=O) groups is 1. The maximum absolute atomic E-state index is 12.4. The number of hydrogen-bond acceptors (Lipinski definition) is 4. The largest absolute Gasteiger partial charge is 0.490 e. The van der Waals surface area contributed by atoms with Crippen LogP contribution < -0.4 is 15.4 Å². The molecule has 0 spiro atoms. The zero-order valence-electron chi connectivity index (χ0n) is 16.7. The van der Waals surface area contributed by atoms with Crippen LogP contribution in [0.4, 0.5) is 0 Å². The van der Waals surface area contributed by atoms with Crippen molar-refractivity contribution in [2.75, 3.05) is 13.1 Å². The van der Waals surface area contributed by atoms with Crippen molar-refractivity contribution in [1.82, 2.24) is 10.6 Å². The van der Waals surface area contributed by atoms with Crippen molar-refractivity contribution in [3.63, 3.8) is 0 Å². The Morgan fingerprint density at radius 1 is 1.18 bits per heavy atom. The van der Waals surface area contributed by atoms with Crippen LogP contribution >= 0.6 is 0 Å². The molecular weight excluding hydrogens is 352 g/mol. The summed E-state index contributed by atoms with van der Waals surface area (Å²) in [7, 11) is 0. The van der Waals surface area contributed by atoms with E-state index in [2.05, 4.69) is 60.0 Å². The summed E-state index contributed by atoms with van der Waals surface area (Å²) in [6.07, 6.45) is 0.770. The minimum atomic E-state index is -0.445. The minimum Gasteiger partial charge on any atom is -0.490 e. The average Bonchev–Trinajstić information content (AvgIpc) is 3.05. The number of ether oxygens (including phenoxy) is 2. The van der Waals surface area contributed by atoms with Crippen LogP contribution in [0.25, 0.3) is 11.1 Å². The van der Waals surface area contributed by atoms with Crippen molar-refractivity contribution in [2.24, 2.45) is 0 Å². The van der Waals surface area contributed by atoms with E-state index in [-0.39, 0.29) is 17.6 Å². The number of fused-ring (bicyclic) bond motifs is 1. The number of nitrogens with one attached hydrogen (secondary N) is 2. The van der Waals surface area contributed by atoms with Gasteiger partial charge in [-0.1, -0.05) is 30.3 Å². The van der Waals surface area contributed by atoms with E-state index in [4.69, 9.17) is 9.47 Å². The monoisotopic (exact) mass is 380 g/mol. The molecule has 1 fully saturated rings. The molecule has 0 aromatic heterocycles. The lowest BCUT2D eigenvalue weighted by atomic mass is 10.00. The van der Waals surface area contributed by atoms with Crippen molar-refractivity contribution in [3.05, 3.63) is 53.6 Å². The summed E-state index contributed by atoms with van der Waals surface area (Å²) in [5.41, 5.74) is 4.37. The second kappa shape index (κ2) is 7.57. The predicted molar refractivity (Wildman–Crippen MR) is 109 cm³/mol. The van der Waals surface area contributed by atoms with Gasteiger partial charge in [0.1, 0.15) is 18.0 Å². The van der Waals surface area contributed by atoms with Gasteiger partial charge in [-0.2, -0.15) is 0 Å². The molecule has 1 amide bonds. The summed E-state index contributed by atoms with van der Waals surface area (Å²) in [6.45, 7) is 7.88. The first-order valence-electron chi connectivity index (χ1n) is 9.95. The molecule has 5 nitrogen and oxygen atoms in total. The molecule has 4 rings (SSSR count). The van der Waals surface area contributed by atoms with Gasteiger partial charge in [-0.15, -0.1) is 0 Å². The highest BCUT2D eigenvalue weighted by Gasteiger charge is 2.32. The first-order chi connectivity index (χ1) is 13.4. The van der Waals surface area contributed by atoms with Crippen LogP contribution in [0.2, 0.25) is 0 Å². The van der Waals surface area contributed by atoms with Gasteiger partial charge in [-0.05, 0) is 55.2 Å². The Hall–Kier alpha value is -2.37. The number of hydrogen-bond donors (Lipinski definition) is 2. The van der Waals surface area contributed by atoms with Crippen LogP contribution in [0.15, 0.2) is 42.5 Å². The Bertz CT molecular complexity index is 861. The first-order valence-corrected chi connectivity index (χ1v) is 9.95. The molecule has 0 bridgehead atoms. The van der Waals surface area contributed by atoms with Gasteiger partial charge in [0.2, 0.25) is 0 Å². The Morgan fingerprint density at radius 3 is 2.68 bits per heavy atom. The molecule has 0 radical (unpaired) electrons. The van der Waals surface area contributed by atoms with Crippen LogP contribution in [0.3, 0.4) is 0 Å². The fraction of sp³-hybridized carbons (Fsp3) is 0.435. The maximum Gasteiger partial charge on any atom is 0.250 e. The summed E-state index contributed by atoms with van der Waals surface area (Å²) in [6, 6.07) is 14.7. The average molecular weight is 380 g/mol. The zero-order valence-corrected chi connectivity index (χ0v) is 16.7. The van der Waals surface area contributed by atoms with Crippen molar-refractivity contribution >= 4 is 5.91 Å². The molecule has 0 aliphatic carbocycles. The Balaban J connectivity index is 1.36. The van der Waals surface area contributed by atoms with E-state index in [0.717, 1.165) is 24.3 Å². The summed E-state index contributed by atoms with van der Waals surface area (Å²) in [5.74, 6) is 0.926. The molecule has 2 aliphatic rings. The van der Waals surface area contributed by atoms with Gasteiger partial charge in [-0.3, -0.25) is 4.79 Å². The molecule has 2 N–H and O–H groups in total. The third-order valence-corrected chi connectivity index (χ3v) is 5.28. The first kappa shape index (κ1) is 19.0. The number of rotatable bonds is 4. The minimum absolute atomic E-state index is 0.0721. The molecule has 0 saturated carbocycles. The maximum atomic E-state index is 12.4. The van der Waals surface area contributed by atoms with E-state index in [1.54, 1.807) is 0 Å². The van der Waals surface area contributed by atoms with E-state index >= 15 is 0 Å². The molecule has 2 aliphatic heterocycles. The molecule has 1 saturated heterocycles. The van der Waals surface area contributed by atoms with Gasteiger partial charge in [0.15, 0.2) is 0 Å². The lowest BCUT2D eigenvalue weighted by Crippen LogP contribution is -2.55. The SMILES string of the molecule is CC1Cc2cc(-c3ccc(CNC(=O)C4CNCC(C)(C)O4)cc3)ccc2O1. The fourth-order valence-electron chi connectivity index (χ4n) is 3.84. The number of benzene rings is 2. The van der Waals surface area contributed by atoms with Crippen molar-refractivity contribution < 1.29 is 14.3 Å². The highest BCUT2D eigenvalue weighted by molar-refractivity contribution is 5.81. The number of carbonyl (C=O) groups excluding carboxylic acids is 1. The van der Waals surface area contributed by atoms with Gasteiger partial charge in [0.25, 0.3) is 5.91 Å². The summed E-state index contributed by atoms with van der Waals surface area (Å²) >= 11 is 0. The van der Waals surface area contributed by atoms with Crippen LogP contribution in [0.5, 0.6) is 5.75 Å². The van der Waals surface area contributed by atoms with Crippen molar-refractivity contribution in [1.29, 1.82) is 0 Å². The van der Waals surface area contributed by atoms with E-state index < -0.39 is 6.10 Å². The van der Waals surface area contributed by atoms with Gasteiger partial charge in [0, 0.05) is 26.1 Å². The third-order valence-electron chi connectivity index (χ3n) is 5.28. The highest BCUT2D eigenvalue weighted by atomic mass is 16.5. The zero-order chi connectivity index (χ0) is 19.7. The van der Waals surface area contributed by atoms with Crippen LogP contribution in [-0.4, -0.2) is 36.8 Å². The molecule has 2 unspecified atom stereocenters. The summed E-state index contributed by atoms with van der Waals surface area (Å²) in [5, 5.41) is 6.24. The molecule has 5 heteroatoms. The van der Waals surface area contributed by atoms with E-state index in [1.165, 1.54) is 16.7 Å². The van der Waals surface area contributed by atoms with Gasteiger partial charge in [-0.25, -0.2) is 0 Å². The topological polar surface area (TPSA) is 59.6 Å². The van der Waals surface area contributed by atoms with Crippen LogP contribution in [0.1, 0.15) is 31.9 Å². The second-order valence-electron chi connectivity index (χ2n) is 8.37. The van der Waals surface area contributed by atoms with Gasteiger partial charge < -0.3 is 20.1 Å². The Labute approximate surface area is 166 Å². The van der Waals surface area contributed by atoms with Crippen molar-refractivity contribution in [3.8, 4) is 16.9 Å². The van der Waals surface area contributed by atoms with Gasteiger partial charge >= 0.3 is 0 Å². The summed E-state index contributed by atoms with van der Waals surface area (Å²) < 4.78 is 11.6. The molecule has 2 aromatic carbocycles. The normalized spacial score (nSPS) is 23.0. The Morgan fingerprint density at radius 2 is 1.93 bits per heavy atom. The van der Waals surface area contributed by atoms with Gasteiger partial charge in [0.05, 0.1) is 5.60 Å². The molecule has 2 aromatic rings.